The van der Waals surface area contributed by atoms with Gasteiger partial charge >= 0.3 is 35.7 Å². The van der Waals surface area contributed by atoms with Crippen LogP contribution in [0.15, 0.2) is 24.5 Å². The third-order valence-corrected chi connectivity index (χ3v) is 4.11. The zero-order chi connectivity index (χ0) is 17.5. The van der Waals surface area contributed by atoms with Gasteiger partial charge in [-0.3, -0.25) is 0 Å². The normalized spacial score (nSPS) is 9.77. The van der Waals surface area contributed by atoms with Crippen LogP contribution in [0.25, 0.3) is 0 Å². The van der Waals surface area contributed by atoms with Crippen molar-refractivity contribution in [3.05, 3.63) is 30.1 Å². The Kier molecular flexibility index (Phi) is 20.9. The standard InChI is InChI=1S/C20H34NO3.ClH.Na.H/c1-3-5-6-7-8-9-10-11-12-19-13-15-21(16-14-19)17-18-24-20(22)23-4-2;;;/h13-16H,3-12,17-18H2,1-2H3;1H;;/q+1;;;/p-1. The predicted molar refractivity (Wildman–Crippen MR) is 103 cm³/mol. The fraction of sp³-hybridized carbons (Fsp3) is 0.700. The molecule has 6 heteroatoms. The zero-order valence-corrected chi connectivity index (χ0v) is 16.6. The Morgan fingerprint density at radius 3 is 2.08 bits per heavy atom. The molecule has 0 radical (unpaired) electrons. The number of hydrogen-bond donors (Lipinski definition) is 0. The summed E-state index contributed by atoms with van der Waals surface area (Å²) in [6.07, 6.45) is 15.5. The van der Waals surface area contributed by atoms with E-state index in [1.165, 1.54) is 56.9 Å². The zero-order valence-electron chi connectivity index (χ0n) is 15.8. The Morgan fingerprint density at radius 2 is 1.50 bits per heavy atom. The molecule has 0 saturated carbocycles. The van der Waals surface area contributed by atoms with E-state index in [4.69, 9.17) is 9.47 Å². The van der Waals surface area contributed by atoms with E-state index < -0.39 is 6.16 Å². The number of ether oxygens (including phenoxy) is 2. The molecule has 26 heavy (non-hydrogen) atoms. The van der Waals surface area contributed by atoms with Crippen molar-refractivity contribution in [2.45, 2.75) is 78.2 Å². The number of rotatable bonds is 13. The number of halogens is 1. The number of carbonyl (C=O) groups is 1. The first-order valence-corrected chi connectivity index (χ1v) is 9.53. The van der Waals surface area contributed by atoms with Crippen molar-refractivity contribution in [2.24, 2.45) is 0 Å². The van der Waals surface area contributed by atoms with E-state index in [-0.39, 0.29) is 42.0 Å². The van der Waals surface area contributed by atoms with Gasteiger partial charge in [0, 0.05) is 12.1 Å². The van der Waals surface area contributed by atoms with Crippen LogP contribution in [0.1, 0.15) is 70.8 Å². The maximum absolute atomic E-state index is 11.1. The summed E-state index contributed by atoms with van der Waals surface area (Å²) >= 11 is 0. The molecular weight excluding hydrogens is 361 g/mol. The van der Waals surface area contributed by atoms with Gasteiger partial charge in [0.05, 0.1) is 6.61 Å². The molecule has 0 saturated heterocycles. The van der Waals surface area contributed by atoms with Crippen LogP contribution >= 0.6 is 0 Å². The SMILES string of the molecule is CCCCCCCCCCc1cc[n+](CCOC(=O)OCC)cc1.[Cl-].[NaH]. The van der Waals surface area contributed by atoms with Gasteiger partial charge in [0.1, 0.15) is 0 Å². The average molecular weight is 396 g/mol. The molecule has 1 heterocycles. The van der Waals surface area contributed by atoms with Gasteiger partial charge in [0.2, 0.25) is 0 Å². The molecule has 146 valence electrons. The average Bonchev–Trinajstić information content (AvgIpc) is 2.59. The minimum absolute atomic E-state index is 0. The van der Waals surface area contributed by atoms with Crippen LogP contribution in [0.3, 0.4) is 0 Å². The number of hydrogen-bond acceptors (Lipinski definition) is 3. The number of pyridine rings is 1. The van der Waals surface area contributed by atoms with Crippen LogP contribution in [0.2, 0.25) is 0 Å². The van der Waals surface area contributed by atoms with E-state index in [1.54, 1.807) is 6.92 Å². The molecule has 0 spiro atoms. The van der Waals surface area contributed by atoms with Gasteiger partial charge in [-0.1, -0.05) is 51.9 Å². The fourth-order valence-electron chi connectivity index (χ4n) is 2.66. The summed E-state index contributed by atoms with van der Waals surface area (Å²) in [5.74, 6) is 0. The Labute approximate surface area is 187 Å². The first-order chi connectivity index (χ1) is 11.8. The molecule has 1 aromatic rings. The van der Waals surface area contributed by atoms with Crippen molar-refractivity contribution in [1.29, 1.82) is 0 Å². The summed E-state index contributed by atoms with van der Waals surface area (Å²) in [4.78, 5) is 11.1. The molecule has 0 aromatic carbocycles. The van der Waals surface area contributed by atoms with E-state index in [0.29, 0.717) is 19.8 Å². The van der Waals surface area contributed by atoms with Crippen LogP contribution in [-0.2, 0) is 22.4 Å². The summed E-state index contributed by atoms with van der Waals surface area (Å²) in [7, 11) is 0. The topological polar surface area (TPSA) is 39.4 Å². The Hall–Kier alpha value is -0.290. The van der Waals surface area contributed by atoms with E-state index >= 15 is 0 Å². The van der Waals surface area contributed by atoms with Gasteiger partial charge in [0.15, 0.2) is 25.5 Å². The summed E-state index contributed by atoms with van der Waals surface area (Å²) < 4.78 is 11.7. The monoisotopic (exact) mass is 395 g/mol. The van der Waals surface area contributed by atoms with Crippen molar-refractivity contribution < 1.29 is 31.2 Å². The summed E-state index contributed by atoms with van der Waals surface area (Å²) in [6, 6.07) is 4.32. The van der Waals surface area contributed by atoms with Gasteiger partial charge < -0.3 is 21.9 Å². The van der Waals surface area contributed by atoms with Crippen molar-refractivity contribution in [3.63, 3.8) is 0 Å². The van der Waals surface area contributed by atoms with Gasteiger partial charge in [0.25, 0.3) is 0 Å². The molecule has 0 aliphatic heterocycles. The molecule has 0 aliphatic rings. The van der Waals surface area contributed by atoms with Crippen LogP contribution < -0.4 is 17.0 Å². The Bertz CT molecular complexity index is 443. The third-order valence-electron chi connectivity index (χ3n) is 4.11. The van der Waals surface area contributed by atoms with Crippen molar-refractivity contribution >= 4 is 35.7 Å². The molecule has 0 fully saturated rings. The van der Waals surface area contributed by atoms with Gasteiger partial charge in [-0.05, 0) is 25.3 Å². The van der Waals surface area contributed by atoms with Crippen molar-refractivity contribution in [3.8, 4) is 0 Å². The van der Waals surface area contributed by atoms with Gasteiger partial charge in [-0.25, -0.2) is 9.36 Å². The molecule has 0 aliphatic carbocycles. The number of aromatic nitrogens is 1. The quantitative estimate of drug-likeness (QED) is 0.218. The summed E-state index contributed by atoms with van der Waals surface area (Å²) in [5.41, 5.74) is 1.38. The number of unbranched alkanes of at least 4 members (excludes halogenated alkanes) is 7. The number of nitrogens with zero attached hydrogens (tertiary/aromatic N) is 1. The minimum atomic E-state index is -0.593. The van der Waals surface area contributed by atoms with Gasteiger partial charge in [-0.15, -0.1) is 0 Å². The first-order valence-electron chi connectivity index (χ1n) is 9.53. The Morgan fingerprint density at radius 1 is 0.923 bits per heavy atom. The molecule has 4 nitrogen and oxygen atoms in total. The molecule has 1 rings (SSSR count). The summed E-state index contributed by atoms with van der Waals surface area (Å²) in [6.45, 7) is 5.36. The molecular formula is C20H35ClNNaO3. The van der Waals surface area contributed by atoms with Crippen molar-refractivity contribution in [1.82, 2.24) is 0 Å². The van der Waals surface area contributed by atoms with Gasteiger partial charge in [-0.2, -0.15) is 0 Å². The molecule has 1 aromatic heterocycles. The van der Waals surface area contributed by atoms with E-state index in [2.05, 4.69) is 31.5 Å². The molecule has 0 bridgehead atoms. The molecule has 0 unspecified atom stereocenters. The second kappa shape index (κ2) is 19.5. The molecule has 0 amide bonds. The number of aryl methyl sites for hydroxylation is 1. The third kappa shape index (κ3) is 14.8. The van der Waals surface area contributed by atoms with Crippen LogP contribution in [0.5, 0.6) is 0 Å². The summed E-state index contributed by atoms with van der Waals surface area (Å²) in [5, 5.41) is 0. The maximum atomic E-state index is 11.1. The number of carbonyl (C=O) groups excluding carboxylic acids is 1. The van der Waals surface area contributed by atoms with Crippen molar-refractivity contribution in [2.75, 3.05) is 13.2 Å². The predicted octanol–water partition coefficient (Wildman–Crippen LogP) is 1.19. The second-order valence-corrected chi connectivity index (χ2v) is 6.20. The van der Waals surface area contributed by atoms with E-state index in [1.807, 2.05) is 4.57 Å². The Balaban J connectivity index is 0. The van der Waals surface area contributed by atoms with Crippen LogP contribution in [-0.4, -0.2) is 48.9 Å². The first kappa shape index (κ1) is 27.9. The fourth-order valence-corrected chi connectivity index (χ4v) is 2.66. The van der Waals surface area contributed by atoms with E-state index in [9.17, 15) is 4.79 Å². The van der Waals surface area contributed by atoms with Crippen LogP contribution in [0.4, 0.5) is 4.79 Å². The molecule has 0 N–H and O–H groups in total. The van der Waals surface area contributed by atoms with E-state index in [0.717, 1.165) is 6.42 Å². The van der Waals surface area contributed by atoms with Crippen LogP contribution in [0, 0.1) is 0 Å². The molecule has 0 atom stereocenters. The second-order valence-electron chi connectivity index (χ2n) is 6.20.